The molecule has 0 unspecified atom stereocenters. The molecule has 0 amide bonds. The number of nitrogens with two attached hydrogens (primary N) is 1. The van der Waals surface area contributed by atoms with E-state index in [1.807, 2.05) is 11.4 Å². The van der Waals surface area contributed by atoms with Crippen molar-refractivity contribution in [3.8, 4) is 0 Å². The van der Waals surface area contributed by atoms with Gasteiger partial charge in [-0.2, -0.15) is 4.98 Å². The zero-order chi connectivity index (χ0) is 9.54. The molecule has 72 valence electrons. The summed E-state index contributed by atoms with van der Waals surface area (Å²) in [6.45, 7) is 0. The van der Waals surface area contributed by atoms with E-state index in [2.05, 4.69) is 15.3 Å². The molecule has 2 aromatic rings. The molecule has 4 nitrogen and oxygen atoms in total. The third-order valence-corrected chi connectivity index (χ3v) is 3.07. The summed E-state index contributed by atoms with van der Waals surface area (Å²) in [5, 5.41) is 6.45. The number of fused-ring (bicyclic) bond motifs is 1. The van der Waals surface area contributed by atoms with Crippen LogP contribution in [0.2, 0.25) is 0 Å². The number of hydrogen-bond acceptors (Lipinski definition) is 5. The normalized spacial score (nSPS) is 16.0. The van der Waals surface area contributed by atoms with Gasteiger partial charge in [-0.1, -0.05) is 0 Å². The fourth-order valence-electron chi connectivity index (χ4n) is 1.40. The lowest BCUT2D eigenvalue weighted by molar-refractivity contribution is 1.11. The molecule has 2 aromatic heterocycles. The van der Waals surface area contributed by atoms with Crippen molar-refractivity contribution < 1.29 is 0 Å². The molecule has 0 spiro atoms. The molecule has 3 N–H and O–H groups in total. The minimum Gasteiger partial charge on any atom is -0.368 e. The second-order valence-electron chi connectivity index (χ2n) is 3.49. The number of nitrogens with one attached hydrogen (secondary N) is 1. The Morgan fingerprint density at radius 1 is 1.43 bits per heavy atom. The predicted octanol–water partition coefficient (Wildman–Crippen LogP) is 1.85. The van der Waals surface area contributed by atoms with E-state index in [1.165, 1.54) is 12.8 Å². The third kappa shape index (κ3) is 1.29. The largest absolute Gasteiger partial charge is 0.368 e. The molecule has 0 radical (unpaired) electrons. The molecule has 14 heavy (non-hydrogen) atoms. The van der Waals surface area contributed by atoms with E-state index in [0.29, 0.717) is 12.0 Å². The van der Waals surface area contributed by atoms with Crippen LogP contribution in [0.15, 0.2) is 11.4 Å². The highest BCUT2D eigenvalue weighted by molar-refractivity contribution is 7.16. The Hall–Kier alpha value is -1.36. The summed E-state index contributed by atoms with van der Waals surface area (Å²) < 4.78 is 0. The van der Waals surface area contributed by atoms with Crippen molar-refractivity contribution in [3.63, 3.8) is 0 Å². The zero-order valence-electron chi connectivity index (χ0n) is 7.53. The van der Waals surface area contributed by atoms with Crippen LogP contribution in [0.4, 0.5) is 11.8 Å². The van der Waals surface area contributed by atoms with Crippen molar-refractivity contribution in [2.45, 2.75) is 18.9 Å². The van der Waals surface area contributed by atoms with Crippen LogP contribution in [0.3, 0.4) is 0 Å². The standard InChI is InChI=1S/C9H10N4S/c10-9-12-7(11-5-1-2-5)6-3-4-14-8(6)13-9/h3-5H,1-2H2,(H3,10,11,12,13). The van der Waals surface area contributed by atoms with E-state index in [-0.39, 0.29) is 0 Å². The molecule has 1 aliphatic carbocycles. The van der Waals surface area contributed by atoms with Crippen LogP contribution in [0.25, 0.3) is 10.2 Å². The first-order valence-electron chi connectivity index (χ1n) is 4.60. The summed E-state index contributed by atoms with van der Waals surface area (Å²) in [7, 11) is 0. The van der Waals surface area contributed by atoms with Crippen molar-refractivity contribution in [1.29, 1.82) is 0 Å². The number of aromatic nitrogens is 2. The van der Waals surface area contributed by atoms with Gasteiger partial charge < -0.3 is 11.1 Å². The van der Waals surface area contributed by atoms with Crippen LogP contribution in [0.5, 0.6) is 0 Å². The van der Waals surface area contributed by atoms with Crippen LogP contribution >= 0.6 is 11.3 Å². The Bertz CT molecular complexity index is 475. The van der Waals surface area contributed by atoms with Crippen LogP contribution in [0, 0.1) is 0 Å². The van der Waals surface area contributed by atoms with Crippen molar-refractivity contribution >= 4 is 33.3 Å². The van der Waals surface area contributed by atoms with Gasteiger partial charge in [0.2, 0.25) is 5.95 Å². The smallest absolute Gasteiger partial charge is 0.223 e. The van der Waals surface area contributed by atoms with Crippen LogP contribution in [-0.4, -0.2) is 16.0 Å². The van der Waals surface area contributed by atoms with Gasteiger partial charge in [-0.05, 0) is 24.3 Å². The van der Waals surface area contributed by atoms with Crippen molar-refractivity contribution in [2.75, 3.05) is 11.1 Å². The van der Waals surface area contributed by atoms with E-state index < -0.39 is 0 Å². The van der Waals surface area contributed by atoms with E-state index in [4.69, 9.17) is 5.73 Å². The van der Waals surface area contributed by atoms with E-state index in [9.17, 15) is 0 Å². The first kappa shape index (κ1) is 7.99. The Morgan fingerprint density at radius 2 is 2.29 bits per heavy atom. The lowest BCUT2D eigenvalue weighted by Gasteiger charge is -2.04. The van der Waals surface area contributed by atoms with E-state index in [0.717, 1.165) is 16.0 Å². The average Bonchev–Trinajstić information content (AvgIpc) is 2.81. The quantitative estimate of drug-likeness (QED) is 0.787. The Morgan fingerprint density at radius 3 is 3.07 bits per heavy atom. The summed E-state index contributed by atoms with van der Waals surface area (Å²) in [5.74, 6) is 1.24. The van der Waals surface area contributed by atoms with Crippen LogP contribution in [0.1, 0.15) is 12.8 Å². The zero-order valence-corrected chi connectivity index (χ0v) is 8.34. The van der Waals surface area contributed by atoms with Crippen LogP contribution in [-0.2, 0) is 0 Å². The van der Waals surface area contributed by atoms with E-state index in [1.54, 1.807) is 11.3 Å². The van der Waals surface area contributed by atoms with Gasteiger partial charge in [-0.15, -0.1) is 11.3 Å². The third-order valence-electron chi connectivity index (χ3n) is 2.26. The Kier molecular flexibility index (Phi) is 1.61. The van der Waals surface area contributed by atoms with E-state index >= 15 is 0 Å². The van der Waals surface area contributed by atoms with Gasteiger partial charge in [0.05, 0.1) is 5.39 Å². The summed E-state index contributed by atoms with van der Waals surface area (Å²) in [6, 6.07) is 2.62. The lowest BCUT2D eigenvalue weighted by Crippen LogP contribution is -2.05. The number of rotatable bonds is 2. The fourth-order valence-corrected chi connectivity index (χ4v) is 2.17. The van der Waals surface area contributed by atoms with Gasteiger partial charge in [0.15, 0.2) is 0 Å². The van der Waals surface area contributed by atoms with Crippen molar-refractivity contribution in [2.24, 2.45) is 0 Å². The highest BCUT2D eigenvalue weighted by atomic mass is 32.1. The molecule has 0 aliphatic heterocycles. The number of thiophene rings is 1. The first-order chi connectivity index (χ1) is 6.83. The van der Waals surface area contributed by atoms with Gasteiger partial charge in [-0.3, -0.25) is 0 Å². The molecule has 3 rings (SSSR count). The van der Waals surface area contributed by atoms with Gasteiger partial charge in [0.25, 0.3) is 0 Å². The molecule has 1 aliphatic rings. The maximum atomic E-state index is 5.62. The minimum atomic E-state index is 0.350. The Balaban J connectivity index is 2.13. The highest BCUT2D eigenvalue weighted by Crippen LogP contribution is 2.30. The molecular weight excluding hydrogens is 196 g/mol. The summed E-state index contributed by atoms with van der Waals surface area (Å²) >= 11 is 1.59. The molecule has 2 heterocycles. The molecule has 0 saturated heterocycles. The molecule has 1 fully saturated rings. The van der Waals surface area contributed by atoms with Gasteiger partial charge in [0, 0.05) is 6.04 Å². The maximum absolute atomic E-state index is 5.62. The van der Waals surface area contributed by atoms with Gasteiger partial charge >= 0.3 is 0 Å². The molecule has 0 bridgehead atoms. The predicted molar refractivity (Wildman–Crippen MR) is 58.5 cm³/mol. The van der Waals surface area contributed by atoms with Gasteiger partial charge in [0.1, 0.15) is 10.6 Å². The van der Waals surface area contributed by atoms with Crippen molar-refractivity contribution in [3.05, 3.63) is 11.4 Å². The SMILES string of the molecule is Nc1nc(NC2CC2)c2ccsc2n1. The second kappa shape index (κ2) is 2.81. The van der Waals surface area contributed by atoms with Gasteiger partial charge in [-0.25, -0.2) is 4.98 Å². The molecule has 5 heteroatoms. The van der Waals surface area contributed by atoms with Crippen LogP contribution < -0.4 is 11.1 Å². The average molecular weight is 206 g/mol. The number of nitrogens with zero attached hydrogens (tertiary/aromatic N) is 2. The number of nitrogen functional groups attached to an aromatic ring is 1. The molecule has 0 aromatic carbocycles. The molecule has 1 saturated carbocycles. The summed E-state index contributed by atoms with van der Waals surface area (Å²) in [4.78, 5) is 9.34. The monoisotopic (exact) mass is 206 g/mol. The molecular formula is C9H10N4S. The maximum Gasteiger partial charge on any atom is 0.223 e. The minimum absolute atomic E-state index is 0.350. The molecule has 0 atom stereocenters. The lowest BCUT2D eigenvalue weighted by atomic mass is 10.4. The van der Waals surface area contributed by atoms with Crippen molar-refractivity contribution in [1.82, 2.24) is 9.97 Å². The topological polar surface area (TPSA) is 63.8 Å². The Labute approximate surface area is 85.2 Å². The summed E-state index contributed by atoms with van der Waals surface area (Å²) in [6.07, 6.45) is 2.46. The summed E-state index contributed by atoms with van der Waals surface area (Å²) in [5.41, 5.74) is 5.62. The number of hydrogen-bond donors (Lipinski definition) is 2. The first-order valence-corrected chi connectivity index (χ1v) is 5.48. The second-order valence-corrected chi connectivity index (χ2v) is 4.38. The fraction of sp³-hybridized carbons (Fsp3) is 0.333. The highest BCUT2D eigenvalue weighted by Gasteiger charge is 2.22. The number of anilines is 2.